The van der Waals surface area contributed by atoms with E-state index < -0.39 is 16.9 Å². The average Bonchev–Trinajstić information content (AvgIpc) is 3.56. The Morgan fingerprint density at radius 3 is 2.67 bits per heavy atom. The van der Waals surface area contributed by atoms with Crippen molar-refractivity contribution in [3.8, 4) is 17.1 Å². The maximum atomic E-state index is 14.0. The molecule has 4 aromatic rings. The number of ether oxygens (including phenoxy) is 2. The van der Waals surface area contributed by atoms with Crippen LogP contribution in [-0.2, 0) is 9.53 Å². The fraction of sp³-hybridized carbons (Fsp3) is 0.258. The molecule has 1 aliphatic rings. The number of thiazole rings is 1. The topological polar surface area (TPSA) is 126 Å². The van der Waals surface area contributed by atoms with Crippen LogP contribution in [0.15, 0.2) is 78.5 Å². The predicted molar refractivity (Wildman–Crippen MR) is 166 cm³/mol. The van der Waals surface area contributed by atoms with Crippen LogP contribution >= 0.6 is 27.3 Å². The highest BCUT2D eigenvalue weighted by Gasteiger charge is 2.34. The lowest BCUT2D eigenvalue weighted by molar-refractivity contribution is -0.384. The summed E-state index contributed by atoms with van der Waals surface area (Å²) < 4.78 is 19.4. The number of allylic oxidation sites excluding steroid dienone is 1. The fourth-order valence-corrected chi connectivity index (χ4v) is 6.54. The molecule has 1 unspecified atom stereocenters. The smallest absolute Gasteiger partial charge is 0.338 e. The maximum Gasteiger partial charge on any atom is 0.338 e. The number of fused-ring (bicyclic) bond motifs is 1. The molecule has 0 amide bonds. The van der Waals surface area contributed by atoms with E-state index in [1.807, 2.05) is 26.0 Å². The van der Waals surface area contributed by atoms with Crippen molar-refractivity contribution < 1.29 is 23.6 Å². The molecule has 2 aromatic heterocycles. The molecule has 2 aromatic carbocycles. The molecule has 3 heterocycles. The molecule has 0 N–H and O–H groups in total. The second-order valence-corrected chi connectivity index (χ2v) is 11.6. The van der Waals surface area contributed by atoms with E-state index in [1.165, 1.54) is 28.0 Å². The number of hydrogen-bond acceptors (Lipinski definition) is 9. The largest absolute Gasteiger partial charge is 0.496 e. The van der Waals surface area contributed by atoms with Gasteiger partial charge in [0.1, 0.15) is 17.3 Å². The van der Waals surface area contributed by atoms with Crippen LogP contribution in [0.1, 0.15) is 49.6 Å². The van der Waals surface area contributed by atoms with Gasteiger partial charge in [-0.1, -0.05) is 36.8 Å². The lowest BCUT2D eigenvalue weighted by Gasteiger charge is -2.26. The van der Waals surface area contributed by atoms with Gasteiger partial charge in [-0.25, -0.2) is 9.79 Å². The molecule has 0 spiro atoms. The number of methoxy groups -OCH3 is 1. The summed E-state index contributed by atoms with van der Waals surface area (Å²) in [6.07, 6.45) is 2.88. The zero-order valence-electron chi connectivity index (χ0n) is 23.9. The Balaban J connectivity index is 1.67. The van der Waals surface area contributed by atoms with Crippen molar-refractivity contribution in [2.24, 2.45) is 4.99 Å². The number of carbonyl (C=O) groups excluding carboxylic acids is 1. The van der Waals surface area contributed by atoms with Gasteiger partial charge in [0, 0.05) is 23.8 Å². The Bertz CT molecular complexity index is 1950. The molecule has 0 fully saturated rings. The molecule has 10 nitrogen and oxygen atoms in total. The molecular weight excluding hydrogens is 638 g/mol. The van der Waals surface area contributed by atoms with Gasteiger partial charge in [-0.05, 0) is 71.6 Å². The third-order valence-corrected chi connectivity index (χ3v) is 8.58. The Morgan fingerprint density at radius 2 is 2.00 bits per heavy atom. The van der Waals surface area contributed by atoms with Crippen molar-refractivity contribution in [3.05, 3.63) is 111 Å². The molecule has 12 heteroatoms. The van der Waals surface area contributed by atoms with Crippen LogP contribution in [0.2, 0.25) is 0 Å². The number of aryl methyl sites for hydroxylation is 1. The van der Waals surface area contributed by atoms with Gasteiger partial charge in [0.15, 0.2) is 4.80 Å². The van der Waals surface area contributed by atoms with Crippen LogP contribution in [0.5, 0.6) is 5.75 Å². The maximum absolute atomic E-state index is 14.0. The molecule has 0 bridgehead atoms. The SMILES string of the molecule is CCCC1=C(C(=O)OCC)C(c2ccc(OC)c(Br)c2)n2c(s/c(=C\c3ccc(-c4cc([N+](=O)[O-])ccc4C)o3)c2=O)=N1. The number of nitro benzene ring substituents is 1. The first-order valence-electron chi connectivity index (χ1n) is 13.6. The first-order chi connectivity index (χ1) is 20.7. The van der Waals surface area contributed by atoms with Crippen molar-refractivity contribution in [1.29, 1.82) is 0 Å². The number of rotatable bonds is 9. The molecule has 222 valence electrons. The quantitative estimate of drug-likeness (QED) is 0.125. The van der Waals surface area contributed by atoms with Crippen molar-refractivity contribution in [3.63, 3.8) is 0 Å². The van der Waals surface area contributed by atoms with Crippen molar-refractivity contribution >= 4 is 45.0 Å². The summed E-state index contributed by atoms with van der Waals surface area (Å²) >= 11 is 4.73. The first kappa shape index (κ1) is 30.2. The third kappa shape index (κ3) is 5.84. The molecule has 0 aliphatic carbocycles. The van der Waals surface area contributed by atoms with E-state index in [-0.39, 0.29) is 17.9 Å². The molecule has 0 saturated heterocycles. The molecule has 0 radical (unpaired) electrons. The zero-order chi connectivity index (χ0) is 30.8. The Kier molecular flexibility index (Phi) is 8.79. The Hall–Kier alpha value is -4.29. The summed E-state index contributed by atoms with van der Waals surface area (Å²) in [4.78, 5) is 43.5. The van der Waals surface area contributed by atoms with Gasteiger partial charge < -0.3 is 13.9 Å². The van der Waals surface area contributed by atoms with Gasteiger partial charge in [0.05, 0.1) is 45.0 Å². The molecule has 0 saturated carbocycles. The summed E-state index contributed by atoms with van der Waals surface area (Å²) in [7, 11) is 1.56. The van der Waals surface area contributed by atoms with Crippen LogP contribution in [0.3, 0.4) is 0 Å². The van der Waals surface area contributed by atoms with Gasteiger partial charge in [-0.3, -0.25) is 19.5 Å². The van der Waals surface area contributed by atoms with E-state index in [0.717, 1.165) is 12.0 Å². The minimum Gasteiger partial charge on any atom is -0.496 e. The van der Waals surface area contributed by atoms with Gasteiger partial charge in [0.25, 0.3) is 11.2 Å². The number of nitrogens with zero attached hydrogens (tertiary/aromatic N) is 3. The lowest BCUT2D eigenvalue weighted by Crippen LogP contribution is -2.40. The molecular formula is C31H28BrN3O7S. The van der Waals surface area contributed by atoms with Crippen LogP contribution in [0.25, 0.3) is 17.4 Å². The van der Waals surface area contributed by atoms with Gasteiger partial charge >= 0.3 is 5.97 Å². The fourth-order valence-electron chi connectivity index (χ4n) is 4.98. The number of nitro groups is 1. The molecule has 1 atom stereocenters. The van der Waals surface area contributed by atoms with E-state index in [2.05, 4.69) is 15.9 Å². The van der Waals surface area contributed by atoms with E-state index in [9.17, 15) is 19.7 Å². The number of carbonyl (C=O) groups is 1. The van der Waals surface area contributed by atoms with E-state index in [1.54, 1.807) is 44.4 Å². The average molecular weight is 667 g/mol. The normalized spacial score (nSPS) is 14.8. The Morgan fingerprint density at radius 1 is 1.21 bits per heavy atom. The van der Waals surface area contributed by atoms with E-state index >= 15 is 0 Å². The van der Waals surface area contributed by atoms with Crippen molar-refractivity contribution in [2.75, 3.05) is 13.7 Å². The molecule has 5 rings (SSSR count). The summed E-state index contributed by atoms with van der Waals surface area (Å²) in [6, 6.07) is 12.6. The summed E-state index contributed by atoms with van der Waals surface area (Å²) in [5.41, 5.74) is 2.59. The summed E-state index contributed by atoms with van der Waals surface area (Å²) in [6.45, 7) is 5.75. The first-order valence-corrected chi connectivity index (χ1v) is 15.2. The second-order valence-electron chi connectivity index (χ2n) is 9.77. The minimum absolute atomic E-state index is 0.0442. The minimum atomic E-state index is -0.777. The van der Waals surface area contributed by atoms with Crippen LogP contribution in [-0.4, -0.2) is 29.2 Å². The van der Waals surface area contributed by atoms with Crippen LogP contribution in [0, 0.1) is 17.0 Å². The zero-order valence-corrected chi connectivity index (χ0v) is 26.3. The highest BCUT2D eigenvalue weighted by Crippen LogP contribution is 2.36. The molecule has 1 aliphatic heterocycles. The number of furan rings is 1. The van der Waals surface area contributed by atoms with Gasteiger partial charge in [-0.2, -0.15) is 0 Å². The number of hydrogen-bond donors (Lipinski definition) is 0. The van der Waals surface area contributed by atoms with Gasteiger partial charge in [-0.15, -0.1) is 0 Å². The number of benzene rings is 2. The third-order valence-electron chi connectivity index (χ3n) is 6.98. The highest BCUT2D eigenvalue weighted by molar-refractivity contribution is 9.10. The van der Waals surface area contributed by atoms with E-state index in [4.69, 9.17) is 18.9 Å². The predicted octanol–water partition coefficient (Wildman–Crippen LogP) is 5.83. The van der Waals surface area contributed by atoms with Crippen molar-refractivity contribution in [2.45, 2.75) is 39.7 Å². The molecule has 43 heavy (non-hydrogen) atoms. The number of aromatic nitrogens is 1. The van der Waals surface area contributed by atoms with E-state index in [0.29, 0.717) is 59.9 Å². The van der Waals surface area contributed by atoms with Crippen LogP contribution in [0.4, 0.5) is 5.69 Å². The summed E-state index contributed by atoms with van der Waals surface area (Å²) in [5, 5.41) is 11.3. The Labute approximate surface area is 258 Å². The second kappa shape index (κ2) is 12.5. The van der Waals surface area contributed by atoms with Crippen molar-refractivity contribution in [1.82, 2.24) is 4.57 Å². The van der Waals surface area contributed by atoms with Crippen LogP contribution < -0.4 is 19.6 Å². The monoisotopic (exact) mass is 665 g/mol. The summed E-state index contributed by atoms with van der Waals surface area (Å²) in [5.74, 6) is 0.924. The standard InChI is InChI=1S/C31H28BrN3O7S/c1-5-7-23-27(30(37)41-6-2)28(18-9-12-25(40-4)22(32)14-18)34-29(36)26(43-31(34)33-23)16-20-11-13-24(42-20)21-15-19(35(38)39)10-8-17(21)3/h8-16,28H,5-7H2,1-4H3/b26-16-. The lowest BCUT2D eigenvalue weighted by atomic mass is 9.94. The number of esters is 1. The number of non-ortho nitro benzene ring substituents is 1. The number of halogens is 1. The van der Waals surface area contributed by atoms with Gasteiger partial charge in [0.2, 0.25) is 0 Å². The highest BCUT2D eigenvalue weighted by atomic mass is 79.9.